The Morgan fingerprint density at radius 2 is 1.88 bits per heavy atom. The molecular formula is C17H15ClN2O3S. The molecule has 0 spiro atoms. The molecule has 5 nitrogen and oxygen atoms in total. The van der Waals surface area contributed by atoms with Crippen molar-refractivity contribution in [1.82, 2.24) is 5.16 Å². The summed E-state index contributed by atoms with van der Waals surface area (Å²) in [5, 5.41) is 4.65. The second kappa shape index (κ2) is 5.79. The van der Waals surface area contributed by atoms with Crippen molar-refractivity contribution in [3.63, 3.8) is 0 Å². The van der Waals surface area contributed by atoms with Crippen LogP contribution in [-0.2, 0) is 22.9 Å². The summed E-state index contributed by atoms with van der Waals surface area (Å²) in [5.41, 5.74) is 2.77. The summed E-state index contributed by atoms with van der Waals surface area (Å²) >= 11 is 6.14. The average Bonchev–Trinajstić information content (AvgIpc) is 2.98. The van der Waals surface area contributed by atoms with Gasteiger partial charge in [-0.2, -0.15) is 0 Å². The van der Waals surface area contributed by atoms with Crippen LogP contribution in [0.4, 0.5) is 5.82 Å². The van der Waals surface area contributed by atoms with Crippen LogP contribution in [0.1, 0.15) is 24.0 Å². The third kappa shape index (κ3) is 2.65. The molecule has 24 heavy (non-hydrogen) atoms. The molecule has 0 saturated carbocycles. The van der Waals surface area contributed by atoms with E-state index in [1.807, 2.05) is 6.07 Å². The van der Waals surface area contributed by atoms with Crippen molar-refractivity contribution in [2.75, 3.05) is 4.72 Å². The van der Waals surface area contributed by atoms with Crippen molar-refractivity contribution in [1.29, 1.82) is 0 Å². The van der Waals surface area contributed by atoms with E-state index in [-0.39, 0.29) is 10.7 Å². The minimum absolute atomic E-state index is 0.105. The number of nitrogens with zero attached hydrogens (tertiary/aromatic N) is 1. The summed E-state index contributed by atoms with van der Waals surface area (Å²) < 4.78 is 33.0. The first-order chi connectivity index (χ1) is 11.5. The second-order valence-corrected chi connectivity index (χ2v) is 7.98. The molecule has 0 radical (unpaired) electrons. The lowest BCUT2D eigenvalue weighted by Gasteiger charge is -2.16. The number of aryl methyl sites for hydroxylation is 2. The van der Waals surface area contributed by atoms with E-state index in [2.05, 4.69) is 9.88 Å². The predicted octanol–water partition coefficient (Wildman–Crippen LogP) is 4.16. The Hall–Kier alpha value is -2.05. The van der Waals surface area contributed by atoms with E-state index < -0.39 is 10.0 Å². The molecule has 0 fully saturated rings. The zero-order chi connectivity index (χ0) is 16.7. The molecule has 0 aliphatic heterocycles. The third-order valence-corrected chi connectivity index (χ3v) is 5.96. The lowest BCUT2D eigenvalue weighted by atomic mass is 9.92. The van der Waals surface area contributed by atoms with E-state index in [1.165, 1.54) is 5.56 Å². The van der Waals surface area contributed by atoms with Gasteiger partial charge in [-0.25, -0.2) is 8.42 Å². The molecule has 7 heteroatoms. The predicted molar refractivity (Wildman–Crippen MR) is 92.9 cm³/mol. The van der Waals surface area contributed by atoms with Gasteiger partial charge in [0.05, 0.1) is 15.3 Å². The number of aromatic nitrogens is 1. The number of halogens is 1. The molecule has 0 saturated heterocycles. The average molecular weight is 363 g/mol. The fourth-order valence-electron chi connectivity index (χ4n) is 3.08. The molecule has 1 aromatic heterocycles. The first kappa shape index (κ1) is 15.5. The van der Waals surface area contributed by atoms with Gasteiger partial charge in [0.2, 0.25) is 0 Å². The molecule has 0 amide bonds. The summed E-state index contributed by atoms with van der Waals surface area (Å²) in [5.74, 6) is 0.105. The molecule has 124 valence electrons. The van der Waals surface area contributed by atoms with Gasteiger partial charge >= 0.3 is 0 Å². The molecule has 0 bridgehead atoms. The molecule has 1 heterocycles. The van der Waals surface area contributed by atoms with Gasteiger partial charge in [-0.15, -0.1) is 0 Å². The van der Waals surface area contributed by atoms with Gasteiger partial charge in [0.25, 0.3) is 10.0 Å². The van der Waals surface area contributed by atoms with Crippen LogP contribution in [-0.4, -0.2) is 13.6 Å². The Labute approximate surface area is 144 Å². The number of hydrogen-bond donors (Lipinski definition) is 1. The van der Waals surface area contributed by atoms with Crippen LogP contribution in [0, 0.1) is 0 Å². The van der Waals surface area contributed by atoms with Crippen LogP contribution in [0.2, 0.25) is 5.02 Å². The van der Waals surface area contributed by atoms with Crippen LogP contribution in [0.25, 0.3) is 11.0 Å². The molecule has 0 atom stereocenters. The summed E-state index contributed by atoms with van der Waals surface area (Å²) in [6.45, 7) is 0. The van der Waals surface area contributed by atoms with Crippen LogP contribution >= 0.6 is 11.6 Å². The van der Waals surface area contributed by atoms with Gasteiger partial charge in [-0.1, -0.05) is 28.9 Å². The molecule has 1 aliphatic carbocycles. The lowest BCUT2D eigenvalue weighted by molar-refractivity contribution is 0.460. The summed E-state index contributed by atoms with van der Waals surface area (Å²) in [7, 11) is -3.76. The quantitative estimate of drug-likeness (QED) is 0.759. The Balaban J connectivity index is 1.73. The van der Waals surface area contributed by atoms with Crippen LogP contribution < -0.4 is 4.72 Å². The number of benzene rings is 2. The summed E-state index contributed by atoms with van der Waals surface area (Å²) in [6, 6.07) is 10.4. The molecule has 3 aromatic rings. The monoisotopic (exact) mass is 362 g/mol. The van der Waals surface area contributed by atoms with Crippen LogP contribution in [0.5, 0.6) is 0 Å². The molecular weight excluding hydrogens is 348 g/mol. The minimum atomic E-state index is -3.76. The van der Waals surface area contributed by atoms with Crippen molar-refractivity contribution >= 4 is 38.4 Å². The normalized spacial score (nSPS) is 14.5. The van der Waals surface area contributed by atoms with E-state index >= 15 is 0 Å². The van der Waals surface area contributed by atoms with Gasteiger partial charge in [0, 0.05) is 0 Å². The highest BCUT2D eigenvalue weighted by molar-refractivity contribution is 7.92. The number of sulfonamides is 1. The van der Waals surface area contributed by atoms with E-state index in [0.29, 0.717) is 16.0 Å². The zero-order valence-electron chi connectivity index (χ0n) is 12.8. The SMILES string of the molecule is O=S(=O)(Nc1noc2cccc(Cl)c12)c1ccc2c(c1)CCCC2. The van der Waals surface area contributed by atoms with Gasteiger partial charge in [0.15, 0.2) is 11.4 Å². The van der Waals surface area contributed by atoms with Crippen LogP contribution in [0.3, 0.4) is 0 Å². The second-order valence-electron chi connectivity index (χ2n) is 5.89. The highest BCUT2D eigenvalue weighted by Crippen LogP contribution is 2.32. The highest BCUT2D eigenvalue weighted by atomic mass is 35.5. The maximum Gasteiger partial charge on any atom is 0.263 e. The fourth-order valence-corrected chi connectivity index (χ4v) is 4.40. The van der Waals surface area contributed by atoms with Gasteiger partial charge < -0.3 is 4.52 Å². The molecule has 1 aliphatic rings. The molecule has 0 unspecified atom stereocenters. The number of nitrogens with one attached hydrogen (secondary N) is 1. The van der Waals surface area contributed by atoms with E-state index in [0.717, 1.165) is 31.2 Å². The lowest BCUT2D eigenvalue weighted by Crippen LogP contribution is -2.14. The van der Waals surface area contributed by atoms with Gasteiger partial charge in [-0.3, -0.25) is 4.72 Å². The van der Waals surface area contributed by atoms with E-state index in [4.69, 9.17) is 16.1 Å². The molecule has 4 rings (SSSR count). The smallest absolute Gasteiger partial charge is 0.263 e. The summed E-state index contributed by atoms with van der Waals surface area (Å²) in [4.78, 5) is 0.228. The van der Waals surface area contributed by atoms with Crippen molar-refractivity contribution in [3.8, 4) is 0 Å². The largest absolute Gasteiger partial charge is 0.354 e. The van der Waals surface area contributed by atoms with E-state index in [1.54, 1.807) is 30.3 Å². The standard InChI is InChI=1S/C17H15ClN2O3S/c18-14-6-3-7-15-16(14)17(19-23-15)20-24(21,22)13-9-8-11-4-1-2-5-12(11)10-13/h3,6-10H,1-2,4-5H2,(H,19,20). The Morgan fingerprint density at radius 1 is 1.08 bits per heavy atom. The number of hydrogen-bond acceptors (Lipinski definition) is 4. The first-order valence-corrected chi connectivity index (χ1v) is 9.59. The molecule has 2 aromatic carbocycles. The number of anilines is 1. The molecule has 1 N–H and O–H groups in total. The van der Waals surface area contributed by atoms with Crippen molar-refractivity contribution < 1.29 is 12.9 Å². The fraction of sp³-hybridized carbons (Fsp3) is 0.235. The topological polar surface area (TPSA) is 72.2 Å². The van der Waals surface area contributed by atoms with Crippen LogP contribution in [0.15, 0.2) is 45.8 Å². The Morgan fingerprint density at radius 3 is 2.71 bits per heavy atom. The minimum Gasteiger partial charge on any atom is -0.354 e. The zero-order valence-corrected chi connectivity index (χ0v) is 14.3. The maximum atomic E-state index is 12.7. The highest BCUT2D eigenvalue weighted by Gasteiger charge is 2.21. The number of rotatable bonds is 3. The number of fused-ring (bicyclic) bond motifs is 2. The van der Waals surface area contributed by atoms with Gasteiger partial charge in [0.1, 0.15) is 0 Å². The van der Waals surface area contributed by atoms with Crippen molar-refractivity contribution in [2.45, 2.75) is 30.6 Å². The first-order valence-electron chi connectivity index (χ1n) is 7.73. The van der Waals surface area contributed by atoms with Crippen molar-refractivity contribution in [3.05, 3.63) is 52.5 Å². The Bertz CT molecular complexity index is 1030. The third-order valence-electron chi connectivity index (χ3n) is 4.31. The van der Waals surface area contributed by atoms with Crippen molar-refractivity contribution in [2.24, 2.45) is 0 Å². The summed E-state index contributed by atoms with van der Waals surface area (Å²) in [6.07, 6.45) is 4.16. The van der Waals surface area contributed by atoms with Gasteiger partial charge in [-0.05, 0) is 61.1 Å². The van der Waals surface area contributed by atoms with E-state index in [9.17, 15) is 8.42 Å². The maximum absolute atomic E-state index is 12.7. The Kier molecular flexibility index (Phi) is 3.73.